The molecular weight excluding hydrogens is 268 g/mol. The van der Waals surface area contributed by atoms with Crippen LogP contribution in [0, 0.1) is 0 Å². The van der Waals surface area contributed by atoms with E-state index in [1.54, 1.807) is 13.8 Å². The molecule has 0 radical (unpaired) electrons. The topological polar surface area (TPSA) is 63.6 Å². The van der Waals surface area contributed by atoms with Gasteiger partial charge in [0, 0.05) is 11.6 Å². The third kappa shape index (κ3) is 15.3. The molecule has 0 atom stereocenters. The molecule has 4 heteroatoms. The van der Waals surface area contributed by atoms with Gasteiger partial charge < -0.3 is 9.84 Å². The van der Waals surface area contributed by atoms with E-state index >= 15 is 0 Å². The molecule has 0 unspecified atom stereocenters. The maximum absolute atomic E-state index is 10.4. The normalized spacial score (nSPS) is 7.90. The van der Waals surface area contributed by atoms with Gasteiger partial charge in [0.05, 0.1) is 6.61 Å². The maximum atomic E-state index is 10.4. The first-order valence-electron chi connectivity index (χ1n) is 6.24. The van der Waals surface area contributed by atoms with Gasteiger partial charge in [-0.05, 0) is 19.4 Å². The molecule has 0 amide bonds. The average Bonchev–Trinajstić information content (AvgIpc) is 2.49. The molecule has 1 aromatic carbocycles. The summed E-state index contributed by atoms with van der Waals surface area (Å²) in [7, 11) is 0. The number of rotatable bonds is 4. The Morgan fingerprint density at radius 3 is 1.90 bits per heavy atom. The predicted molar refractivity (Wildman–Crippen MR) is 85.8 cm³/mol. The summed E-state index contributed by atoms with van der Waals surface area (Å²) >= 11 is 0. The number of benzene rings is 1. The largest absolute Gasteiger partial charge is 0.478 e. The predicted octanol–water partition coefficient (Wildman–Crippen LogP) is 3.71. The lowest BCUT2D eigenvalue weighted by molar-refractivity contribution is -0.138. The highest BCUT2D eigenvalue weighted by Crippen LogP contribution is 1.97. The third-order valence-electron chi connectivity index (χ3n) is 1.83. The Bertz CT molecular complexity index is 461. The van der Waals surface area contributed by atoms with Gasteiger partial charge in [0.15, 0.2) is 0 Å². The molecule has 0 heterocycles. The highest BCUT2D eigenvalue weighted by molar-refractivity contribution is 5.86. The van der Waals surface area contributed by atoms with Crippen molar-refractivity contribution in [2.75, 3.05) is 6.61 Å². The van der Waals surface area contributed by atoms with E-state index in [0.29, 0.717) is 12.2 Å². The number of carbonyl (C=O) groups is 2. The van der Waals surface area contributed by atoms with Gasteiger partial charge in [-0.1, -0.05) is 56.1 Å². The van der Waals surface area contributed by atoms with Gasteiger partial charge in [0.25, 0.3) is 0 Å². The minimum atomic E-state index is -0.981. The van der Waals surface area contributed by atoms with Crippen molar-refractivity contribution in [2.24, 2.45) is 0 Å². The van der Waals surface area contributed by atoms with Gasteiger partial charge in [-0.25, -0.2) is 9.59 Å². The highest BCUT2D eigenvalue weighted by atomic mass is 16.5. The molecule has 0 fully saturated rings. The summed E-state index contributed by atoms with van der Waals surface area (Å²) in [5.41, 5.74) is 1.62. The fourth-order valence-corrected chi connectivity index (χ4v) is 0.843. The zero-order chi connectivity index (χ0) is 16.7. The van der Waals surface area contributed by atoms with Gasteiger partial charge in [-0.2, -0.15) is 0 Å². The van der Waals surface area contributed by atoms with E-state index in [1.165, 1.54) is 5.56 Å². The van der Waals surface area contributed by atoms with Crippen LogP contribution >= 0.6 is 0 Å². The minimum Gasteiger partial charge on any atom is -0.478 e. The Kier molecular flexibility index (Phi) is 13.6. The fourth-order valence-electron chi connectivity index (χ4n) is 0.843. The van der Waals surface area contributed by atoms with Crippen molar-refractivity contribution >= 4 is 18.0 Å². The van der Waals surface area contributed by atoms with E-state index in [2.05, 4.69) is 24.5 Å². The van der Waals surface area contributed by atoms with Crippen LogP contribution in [-0.4, -0.2) is 23.7 Å². The van der Waals surface area contributed by atoms with Crippen LogP contribution in [0.25, 0.3) is 6.08 Å². The summed E-state index contributed by atoms with van der Waals surface area (Å²) in [5, 5.41) is 7.60. The second kappa shape index (κ2) is 13.8. The Labute approximate surface area is 126 Å². The van der Waals surface area contributed by atoms with Crippen LogP contribution in [0.2, 0.25) is 0 Å². The molecular formula is C17H22O4. The summed E-state index contributed by atoms with van der Waals surface area (Å²) in [5.74, 6) is -1.29. The maximum Gasteiger partial charge on any atom is 0.333 e. The molecule has 1 aromatic rings. The molecule has 0 saturated carbocycles. The van der Waals surface area contributed by atoms with Crippen molar-refractivity contribution in [3.8, 4) is 0 Å². The molecule has 1 rings (SSSR count). The Morgan fingerprint density at radius 2 is 1.71 bits per heavy atom. The van der Waals surface area contributed by atoms with Crippen LogP contribution in [0.1, 0.15) is 19.4 Å². The van der Waals surface area contributed by atoms with Crippen LogP contribution in [0.5, 0.6) is 0 Å². The smallest absolute Gasteiger partial charge is 0.333 e. The van der Waals surface area contributed by atoms with Crippen LogP contribution < -0.4 is 0 Å². The first-order valence-corrected chi connectivity index (χ1v) is 6.24. The Morgan fingerprint density at radius 1 is 1.24 bits per heavy atom. The number of hydrogen-bond donors (Lipinski definition) is 1. The van der Waals surface area contributed by atoms with Gasteiger partial charge in [-0.15, -0.1) is 0 Å². The van der Waals surface area contributed by atoms with Gasteiger partial charge in [-0.3, -0.25) is 0 Å². The molecule has 4 nitrogen and oxygen atoms in total. The summed E-state index contributed by atoms with van der Waals surface area (Å²) in [6.45, 7) is 13.8. The second-order valence-electron chi connectivity index (χ2n) is 3.66. The lowest BCUT2D eigenvalue weighted by atomic mass is 10.2. The monoisotopic (exact) mass is 290 g/mol. The van der Waals surface area contributed by atoms with Crippen molar-refractivity contribution in [1.29, 1.82) is 0 Å². The fraction of sp³-hybridized carbons (Fsp3) is 0.176. The van der Waals surface area contributed by atoms with Crippen molar-refractivity contribution in [1.82, 2.24) is 0 Å². The molecule has 0 spiro atoms. The van der Waals surface area contributed by atoms with Crippen molar-refractivity contribution < 1.29 is 19.4 Å². The van der Waals surface area contributed by atoms with Gasteiger partial charge >= 0.3 is 11.9 Å². The zero-order valence-electron chi connectivity index (χ0n) is 12.5. The average molecular weight is 290 g/mol. The lowest BCUT2D eigenvalue weighted by Crippen LogP contribution is -2.03. The first-order chi connectivity index (χ1) is 9.88. The number of carboxylic acid groups (broad SMARTS) is 1. The van der Waals surface area contributed by atoms with Crippen LogP contribution in [0.3, 0.4) is 0 Å². The standard InChI is InChI=1S/C8H8.C6H10O2.C3H4O2/c1-2-8-6-4-3-5-7-8;1-4-8-6(7)5(2)3;1-2-3(4)5/h2-7H,1H2;2,4H2,1,3H3;2H,1H2,(H,4,5). The van der Waals surface area contributed by atoms with E-state index in [9.17, 15) is 9.59 Å². The number of esters is 1. The SMILES string of the molecule is C=C(C)C(=O)OCC.C=CC(=O)O.C=Cc1ccccc1. The zero-order valence-corrected chi connectivity index (χ0v) is 12.5. The number of hydrogen-bond acceptors (Lipinski definition) is 3. The molecule has 114 valence electrons. The molecule has 21 heavy (non-hydrogen) atoms. The number of carbonyl (C=O) groups excluding carboxylic acids is 1. The second-order valence-corrected chi connectivity index (χ2v) is 3.66. The van der Waals surface area contributed by atoms with Gasteiger partial charge in [0.1, 0.15) is 0 Å². The number of ether oxygens (including phenoxy) is 1. The minimum absolute atomic E-state index is 0.312. The highest BCUT2D eigenvalue weighted by Gasteiger charge is 1.98. The summed E-state index contributed by atoms with van der Waals surface area (Å²) in [4.78, 5) is 19.7. The molecule has 0 bridgehead atoms. The van der Waals surface area contributed by atoms with Crippen molar-refractivity contribution in [3.63, 3.8) is 0 Å². The molecule has 0 aliphatic heterocycles. The van der Waals surface area contributed by atoms with E-state index in [4.69, 9.17) is 5.11 Å². The summed E-state index contributed by atoms with van der Waals surface area (Å²) in [6.07, 6.45) is 2.67. The third-order valence-corrected chi connectivity index (χ3v) is 1.83. The lowest BCUT2D eigenvalue weighted by Gasteiger charge is -1.96. The first kappa shape index (κ1) is 20.7. The van der Waals surface area contributed by atoms with E-state index in [1.807, 2.05) is 36.4 Å². The van der Waals surface area contributed by atoms with Crippen LogP contribution in [0.4, 0.5) is 0 Å². The van der Waals surface area contributed by atoms with Crippen LogP contribution in [-0.2, 0) is 14.3 Å². The number of aliphatic carboxylic acids is 1. The summed E-state index contributed by atoms with van der Waals surface area (Å²) in [6, 6.07) is 10.0. The van der Waals surface area contributed by atoms with Crippen LogP contribution in [0.15, 0.2) is 61.7 Å². The van der Waals surface area contributed by atoms with E-state index in [-0.39, 0.29) is 5.97 Å². The molecule has 0 aliphatic rings. The van der Waals surface area contributed by atoms with E-state index < -0.39 is 5.97 Å². The molecule has 1 N–H and O–H groups in total. The van der Waals surface area contributed by atoms with Crippen molar-refractivity contribution in [2.45, 2.75) is 13.8 Å². The number of carboxylic acids is 1. The Balaban J connectivity index is 0. The molecule has 0 saturated heterocycles. The summed E-state index contributed by atoms with van der Waals surface area (Å²) < 4.78 is 4.56. The molecule has 0 aliphatic carbocycles. The van der Waals surface area contributed by atoms with Gasteiger partial charge in [0.2, 0.25) is 0 Å². The Hall–Kier alpha value is -2.62. The quantitative estimate of drug-likeness (QED) is 0.678. The molecule has 0 aromatic heterocycles. The van der Waals surface area contributed by atoms with Crippen molar-refractivity contribution in [3.05, 3.63) is 67.3 Å². The van der Waals surface area contributed by atoms with E-state index in [0.717, 1.165) is 6.08 Å².